The number of halogens is 1. The van der Waals surface area contributed by atoms with Crippen molar-refractivity contribution in [2.45, 2.75) is 33.6 Å². The van der Waals surface area contributed by atoms with Gasteiger partial charge in [0.15, 0.2) is 15.8 Å². The molecule has 1 aliphatic heterocycles. The Labute approximate surface area is 140 Å². The highest BCUT2D eigenvalue weighted by molar-refractivity contribution is 14.0. The van der Waals surface area contributed by atoms with Crippen molar-refractivity contribution in [1.29, 1.82) is 0 Å². The summed E-state index contributed by atoms with van der Waals surface area (Å²) >= 11 is 0. The lowest BCUT2D eigenvalue weighted by Crippen LogP contribution is -2.45. The van der Waals surface area contributed by atoms with E-state index in [2.05, 4.69) is 22.1 Å². The topological polar surface area (TPSA) is 61.8 Å². The molecule has 0 bridgehead atoms. The largest absolute Gasteiger partial charge is 0.357 e. The number of rotatable bonds is 5. The van der Waals surface area contributed by atoms with Crippen LogP contribution in [0.2, 0.25) is 0 Å². The lowest BCUT2D eigenvalue weighted by atomic mass is 10.00. The van der Waals surface area contributed by atoms with Crippen molar-refractivity contribution < 1.29 is 8.42 Å². The van der Waals surface area contributed by atoms with Crippen LogP contribution in [-0.4, -0.2) is 57.0 Å². The first-order valence-corrected chi connectivity index (χ1v) is 9.04. The normalized spacial score (nSPS) is 17.8. The minimum atomic E-state index is -2.92. The molecule has 0 spiro atoms. The van der Waals surface area contributed by atoms with Crippen LogP contribution in [0.15, 0.2) is 4.99 Å². The Morgan fingerprint density at radius 1 is 1.30 bits per heavy atom. The maximum atomic E-state index is 11.5. The van der Waals surface area contributed by atoms with Crippen LogP contribution in [0, 0.1) is 5.92 Å². The zero-order chi connectivity index (χ0) is 14.3. The summed E-state index contributed by atoms with van der Waals surface area (Å²) in [5.74, 6) is 1.98. The molecular formula is C13H28IN3O2S. The fraction of sp³-hybridized carbons (Fsp3) is 0.923. The van der Waals surface area contributed by atoms with Gasteiger partial charge in [0.05, 0.1) is 12.3 Å². The SMILES string of the molecule is CCNC(=NCCS(=O)(=O)CC)N1CCC(C)CC1.I. The van der Waals surface area contributed by atoms with Crippen molar-refractivity contribution in [2.75, 3.05) is 37.7 Å². The molecule has 1 heterocycles. The molecule has 7 heteroatoms. The van der Waals surface area contributed by atoms with Crippen LogP contribution in [0.4, 0.5) is 0 Å². The molecule has 120 valence electrons. The first-order valence-electron chi connectivity index (χ1n) is 7.22. The Bertz CT molecular complexity index is 390. The van der Waals surface area contributed by atoms with E-state index in [1.165, 1.54) is 12.8 Å². The van der Waals surface area contributed by atoms with Crippen LogP contribution in [0.3, 0.4) is 0 Å². The van der Waals surface area contributed by atoms with Gasteiger partial charge in [-0.1, -0.05) is 13.8 Å². The van der Waals surface area contributed by atoms with Crippen molar-refractivity contribution in [3.05, 3.63) is 0 Å². The van der Waals surface area contributed by atoms with Gasteiger partial charge in [0.1, 0.15) is 0 Å². The van der Waals surface area contributed by atoms with Gasteiger partial charge in [0.2, 0.25) is 0 Å². The molecule has 0 aromatic rings. The molecule has 1 aliphatic rings. The maximum absolute atomic E-state index is 11.5. The van der Waals surface area contributed by atoms with Gasteiger partial charge in [-0.2, -0.15) is 0 Å². The molecule has 1 fully saturated rings. The van der Waals surface area contributed by atoms with E-state index in [4.69, 9.17) is 0 Å². The quantitative estimate of drug-likeness (QED) is 0.421. The molecule has 0 saturated carbocycles. The van der Waals surface area contributed by atoms with E-state index in [1.54, 1.807) is 6.92 Å². The number of sulfone groups is 1. The fourth-order valence-electron chi connectivity index (χ4n) is 2.08. The number of piperidine rings is 1. The van der Waals surface area contributed by atoms with Crippen LogP contribution in [0.1, 0.15) is 33.6 Å². The van der Waals surface area contributed by atoms with E-state index >= 15 is 0 Å². The summed E-state index contributed by atoms with van der Waals surface area (Å²) in [6.07, 6.45) is 2.36. The van der Waals surface area contributed by atoms with E-state index in [1.807, 2.05) is 6.92 Å². The second-order valence-corrected chi connectivity index (χ2v) is 7.61. The van der Waals surface area contributed by atoms with E-state index in [0.717, 1.165) is 31.5 Å². The Hall–Kier alpha value is -0.0500. The summed E-state index contributed by atoms with van der Waals surface area (Å²) < 4.78 is 22.9. The number of guanidine groups is 1. The van der Waals surface area contributed by atoms with E-state index in [0.29, 0.717) is 6.54 Å². The monoisotopic (exact) mass is 417 g/mol. The Balaban J connectivity index is 0.00000361. The highest BCUT2D eigenvalue weighted by Crippen LogP contribution is 2.15. The third-order valence-corrected chi connectivity index (χ3v) is 5.21. The average Bonchev–Trinajstić information content (AvgIpc) is 2.39. The lowest BCUT2D eigenvalue weighted by Gasteiger charge is -2.33. The summed E-state index contributed by atoms with van der Waals surface area (Å²) in [4.78, 5) is 6.69. The second-order valence-electron chi connectivity index (χ2n) is 5.14. The average molecular weight is 417 g/mol. The Morgan fingerprint density at radius 3 is 2.40 bits per heavy atom. The fourth-order valence-corrected chi connectivity index (χ4v) is 2.74. The molecule has 0 atom stereocenters. The first kappa shape index (κ1) is 19.9. The van der Waals surface area contributed by atoms with Crippen molar-refractivity contribution in [2.24, 2.45) is 10.9 Å². The molecule has 20 heavy (non-hydrogen) atoms. The zero-order valence-corrected chi connectivity index (χ0v) is 15.9. The van der Waals surface area contributed by atoms with Crippen LogP contribution in [0.5, 0.6) is 0 Å². The van der Waals surface area contributed by atoms with E-state index in [-0.39, 0.29) is 35.5 Å². The molecule has 1 N–H and O–H groups in total. The van der Waals surface area contributed by atoms with Crippen molar-refractivity contribution in [3.8, 4) is 0 Å². The Kier molecular flexibility index (Phi) is 9.78. The van der Waals surface area contributed by atoms with Gasteiger partial charge in [-0.05, 0) is 25.7 Å². The van der Waals surface area contributed by atoms with Gasteiger partial charge in [-0.3, -0.25) is 4.99 Å². The van der Waals surface area contributed by atoms with Crippen molar-refractivity contribution >= 4 is 39.8 Å². The van der Waals surface area contributed by atoms with E-state index < -0.39 is 9.84 Å². The molecular weight excluding hydrogens is 389 g/mol. The molecule has 0 radical (unpaired) electrons. The van der Waals surface area contributed by atoms with Gasteiger partial charge in [-0.15, -0.1) is 24.0 Å². The third-order valence-electron chi connectivity index (χ3n) is 3.52. The molecule has 0 unspecified atom stereocenters. The van der Waals surface area contributed by atoms with Gasteiger partial charge >= 0.3 is 0 Å². The molecule has 1 saturated heterocycles. The van der Waals surface area contributed by atoms with Crippen LogP contribution in [0.25, 0.3) is 0 Å². The zero-order valence-electron chi connectivity index (χ0n) is 12.8. The van der Waals surface area contributed by atoms with Crippen LogP contribution >= 0.6 is 24.0 Å². The van der Waals surface area contributed by atoms with E-state index in [9.17, 15) is 8.42 Å². The molecule has 0 aromatic carbocycles. The van der Waals surface area contributed by atoms with Gasteiger partial charge in [0, 0.05) is 25.4 Å². The number of likely N-dealkylation sites (tertiary alicyclic amines) is 1. The molecule has 0 amide bonds. The summed E-state index contributed by atoms with van der Waals surface area (Å²) in [5.41, 5.74) is 0. The number of nitrogens with zero attached hydrogens (tertiary/aromatic N) is 2. The number of hydrogen-bond donors (Lipinski definition) is 1. The number of nitrogens with one attached hydrogen (secondary N) is 1. The van der Waals surface area contributed by atoms with Gasteiger partial charge in [0.25, 0.3) is 0 Å². The number of hydrogen-bond acceptors (Lipinski definition) is 3. The highest BCUT2D eigenvalue weighted by Gasteiger charge is 2.18. The summed E-state index contributed by atoms with van der Waals surface area (Å²) in [6, 6.07) is 0. The minimum Gasteiger partial charge on any atom is -0.357 e. The molecule has 0 aromatic heterocycles. The van der Waals surface area contributed by atoms with Gasteiger partial charge in [-0.25, -0.2) is 8.42 Å². The molecule has 5 nitrogen and oxygen atoms in total. The Morgan fingerprint density at radius 2 is 1.90 bits per heavy atom. The lowest BCUT2D eigenvalue weighted by molar-refractivity contribution is 0.273. The molecule has 0 aliphatic carbocycles. The predicted octanol–water partition coefficient (Wildman–Crippen LogP) is 1.74. The molecule has 1 rings (SSSR count). The second kappa shape index (κ2) is 9.81. The smallest absolute Gasteiger partial charge is 0.193 e. The maximum Gasteiger partial charge on any atom is 0.193 e. The van der Waals surface area contributed by atoms with Gasteiger partial charge < -0.3 is 10.2 Å². The predicted molar refractivity (Wildman–Crippen MR) is 95.7 cm³/mol. The van der Waals surface area contributed by atoms with Crippen molar-refractivity contribution in [1.82, 2.24) is 10.2 Å². The summed E-state index contributed by atoms with van der Waals surface area (Å²) in [7, 11) is -2.92. The number of aliphatic imine (C=N–C) groups is 1. The standard InChI is InChI=1S/C13H27N3O2S.HI/c1-4-14-13(15-8-11-19(17,18)5-2)16-9-6-12(3)7-10-16;/h12H,4-11H2,1-3H3,(H,14,15);1H. The highest BCUT2D eigenvalue weighted by atomic mass is 127. The summed E-state index contributed by atoms with van der Waals surface area (Å²) in [6.45, 7) is 9.16. The van der Waals surface area contributed by atoms with Crippen LogP contribution in [-0.2, 0) is 9.84 Å². The minimum absolute atomic E-state index is 0. The van der Waals surface area contributed by atoms with Crippen LogP contribution < -0.4 is 5.32 Å². The van der Waals surface area contributed by atoms with Crippen molar-refractivity contribution in [3.63, 3.8) is 0 Å². The first-order chi connectivity index (χ1) is 8.98. The third kappa shape index (κ3) is 7.10. The summed E-state index contributed by atoms with van der Waals surface area (Å²) in [5, 5.41) is 3.25.